The van der Waals surface area contributed by atoms with E-state index >= 15 is 0 Å². The normalized spacial score (nSPS) is 12.6. The predicted molar refractivity (Wildman–Crippen MR) is 93.7 cm³/mol. The van der Waals surface area contributed by atoms with Crippen LogP contribution in [0.1, 0.15) is 24.2 Å². The molecule has 0 aliphatic carbocycles. The fourth-order valence-electron chi connectivity index (χ4n) is 2.93. The molecule has 0 aliphatic rings. The molecule has 0 fully saturated rings. The van der Waals surface area contributed by atoms with Crippen molar-refractivity contribution < 1.29 is 4.39 Å². The van der Waals surface area contributed by atoms with Crippen LogP contribution in [0.3, 0.4) is 0 Å². The number of fused-ring (bicyclic) bond motifs is 3. The molecule has 4 aromatic rings. The van der Waals surface area contributed by atoms with Gasteiger partial charge >= 0.3 is 0 Å². The SMILES string of the molecule is Cc1cc2nc(NC(C)c3ccc(F)cc3)c3ccccc3n2n1. The molecular weight excluding hydrogens is 303 g/mol. The Morgan fingerprint density at radius 1 is 1.08 bits per heavy atom. The largest absolute Gasteiger partial charge is 0.363 e. The Hall–Kier alpha value is -2.95. The van der Waals surface area contributed by atoms with Crippen LogP contribution in [0.5, 0.6) is 0 Å². The highest BCUT2D eigenvalue weighted by molar-refractivity contribution is 5.91. The molecule has 24 heavy (non-hydrogen) atoms. The predicted octanol–water partition coefficient (Wildman–Crippen LogP) is 4.50. The Kier molecular flexibility index (Phi) is 3.41. The summed E-state index contributed by atoms with van der Waals surface area (Å²) in [6, 6.07) is 16.5. The first-order chi connectivity index (χ1) is 11.6. The topological polar surface area (TPSA) is 42.2 Å². The highest BCUT2D eigenvalue weighted by Gasteiger charge is 2.13. The average molecular weight is 320 g/mol. The molecule has 4 nitrogen and oxygen atoms in total. The third-order valence-electron chi connectivity index (χ3n) is 4.15. The minimum absolute atomic E-state index is 0.00738. The van der Waals surface area contributed by atoms with E-state index in [-0.39, 0.29) is 11.9 Å². The van der Waals surface area contributed by atoms with Crippen LogP contribution in [0.25, 0.3) is 16.6 Å². The Morgan fingerprint density at radius 2 is 1.83 bits per heavy atom. The summed E-state index contributed by atoms with van der Waals surface area (Å²) in [7, 11) is 0. The Labute approximate surface area is 139 Å². The lowest BCUT2D eigenvalue weighted by Gasteiger charge is -2.17. The van der Waals surface area contributed by atoms with Gasteiger partial charge in [-0.05, 0) is 43.7 Å². The van der Waals surface area contributed by atoms with Gasteiger partial charge in [0.2, 0.25) is 0 Å². The molecule has 1 unspecified atom stereocenters. The number of nitrogens with one attached hydrogen (secondary N) is 1. The van der Waals surface area contributed by atoms with E-state index in [9.17, 15) is 4.39 Å². The summed E-state index contributed by atoms with van der Waals surface area (Å²) >= 11 is 0. The zero-order valence-corrected chi connectivity index (χ0v) is 13.5. The minimum atomic E-state index is -0.231. The Balaban J connectivity index is 1.81. The van der Waals surface area contributed by atoms with Gasteiger partial charge in [-0.25, -0.2) is 13.9 Å². The lowest BCUT2D eigenvalue weighted by Crippen LogP contribution is -2.09. The van der Waals surface area contributed by atoms with Crippen LogP contribution in [-0.4, -0.2) is 14.6 Å². The van der Waals surface area contributed by atoms with E-state index in [0.29, 0.717) is 0 Å². The molecule has 2 aromatic carbocycles. The van der Waals surface area contributed by atoms with E-state index < -0.39 is 0 Å². The van der Waals surface area contributed by atoms with Gasteiger partial charge in [0.25, 0.3) is 0 Å². The maximum atomic E-state index is 13.1. The Morgan fingerprint density at radius 3 is 2.62 bits per heavy atom. The zero-order valence-electron chi connectivity index (χ0n) is 13.5. The molecule has 2 aromatic heterocycles. The van der Waals surface area contributed by atoms with Gasteiger partial charge in [0.1, 0.15) is 11.6 Å². The molecule has 4 rings (SSSR count). The standard InChI is InChI=1S/C19H17FN4/c1-12-11-18-22-19(16-5-3-4-6-17(16)24(18)23-12)21-13(2)14-7-9-15(20)10-8-14/h3-11,13H,1-2H3,(H,21,22). The highest BCUT2D eigenvalue weighted by Crippen LogP contribution is 2.26. The number of aryl methyl sites for hydroxylation is 1. The molecule has 0 radical (unpaired) electrons. The smallest absolute Gasteiger partial charge is 0.158 e. The monoisotopic (exact) mass is 320 g/mol. The first kappa shape index (κ1) is 14.6. The average Bonchev–Trinajstić information content (AvgIpc) is 2.96. The lowest BCUT2D eigenvalue weighted by molar-refractivity contribution is 0.626. The number of para-hydroxylation sites is 1. The van der Waals surface area contributed by atoms with Crippen molar-refractivity contribution >= 4 is 22.4 Å². The Bertz CT molecular complexity index is 1020. The molecule has 2 heterocycles. The van der Waals surface area contributed by atoms with Crippen molar-refractivity contribution in [2.75, 3.05) is 5.32 Å². The van der Waals surface area contributed by atoms with Gasteiger partial charge in [0.05, 0.1) is 11.2 Å². The summed E-state index contributed by atoms with van der Waals surface area (Å²) in [6.45, 7) is 3.99. The van der Waals surface area contributed by atoms with Gasteiger partial charge < -0.3 is 5.32 Å². The van der Waals surface area contributed by atoms with E-state index in [1.165, 1.54) is 12.1 Å². The fraction of sp³-hybridized carbons (Fsp3) is 0.158. The summed E-state index contributed by atoms with van der Waals surface area (Å²) in [5, 5.41) is 8.96. The summed E-state index contributed by atoms with van der Waals surface area (Å²) in [4.78, 5) is 4.72. The van der Waals surface area contributed by atoms with E-state index in [1.54, 1.807) is 12.1 Å². The minimum Gasteiger partial charge on any atom is -0.363 e. The summed E-state index contributed by atoms with van der Waals surface area (Å²) in [5.74, 6) is 0.570. The maximum absolute atomic E-state index is 13.1. The van der Waals surface area contributed by atoms with Crippen molar-refractivity contribution in [1.82, 2.24) is 14.6 Å². The summed E-state index contributed by atoms with van der Waals surface area (Å²) < 4.78 is 15.0. The van der Waals surface area contributed by atoms with E-state index in [4.69, 9.17) is 4.98 Å². The first-order valence-electron chi connectivity index (χ1n) is 7.89. The molecule has 120 valence electrons. The van der Waals surface area contributed by atoms with Gasteiger partial charge in [-0.1, -0.05) is 24.3 Å². The molecular formula is C19H17FN4. The van der Waals surface area contributed by atoms with Gasteiger partial charge in [0.15, 0.2) is 5.65 Å². The lowest BCUT2D eigenvalue weighted by atomic mass is 10.1. The number of halogens is 1. The zero-order chi connectivity index (χ0) is 16.7. The van der Waals surface area contributed by atoms with Crippen LogP contribution in [0.15, 0.2) is 54.6 Å². The summed E-state index contributed by atoms with van der Waals surface area (Å²) in [6.07, 6.45) is 0. The van der Waals surface area contributed by atoms with Gasteiger partial charge in [-0.2, -0.15) is 5.10 Å². The highest BCUT2D eigenvalue weighted by atomic mass is 19.1. The molecule has 0 saturated heterocycles. The number of aromatic nitrogens is 3. The van der Waals surface area contributed by atoms with Crippen molar-refractivity contribution in [3.05, 3.63) is 71.7 Å². The van der Waals surface area contributed by atoms with Crippen molar-refractivity contribution in [2.24, 2.45) is 0 Å². The van der Waals surface area contributed by atoms with Crippen LogP contribution in [0.4, 0.5) is 10.2 Å². The van der Waals surface area contributed by atoms with Gasteiger partial charge in [0, 0.05) is 17.5 Å². The van der Waals surface area contributed by atoms with Crippen LogP contribution in [0, 0.1) is 12.7 Å². The summed E-state index contributed by atoms with van der Waals surface area (Å²) in [5.41, 5.74) is 3.74. The van der Waals surface area contributed by atoms with E-state index in [2.05, 4.69) is 10.4 Å². The van der Waals surface area contributed by atoms with Crippen LogP contribution < -0.4 is 5.32 Å². The number of hydrogen-bond acceptors (Lipinski definition) is 3. The van der Waals surface area contributed by atoms with Crippen molar-refractivity contribution in [3.8, 4) is 0 Å². The van der Waals surface area contributed by atoms with Crippen LogP contribution in [-0.2, 0) is 0 Å². The van der Waals surface area contributed by atoms with Crippen molar-refractivity contribution in [1.29, 1.82) is 0 Å². The molecule has 5 heteroatoms. The molecule has 0 amide bonds. The second-order valence-corrected chi connectivity index (χ2v) is 5.95. The fourth-order valence-corrected chi connectivity index (χ4v) is 2.93. The molecule has 1 atom stereocenters. The molecule has 0 saturated carbocycles. The van der Waals surface area contributed by atoms with E-state index in [0.717, 1.165) is 33.6 Å². The molecule has 1 N–H and O–H groups in total. The third kappa shape index (κ3) is 2.48. The van der Waals surface area contributed by atoms with Gasteiger partial charge in [-0.15, -0.1) is 0 Å². The van der Waals surface area contributed by atoms with E-state index in [1.807, 2.05) is 48.7 Å². The number of rotatable bonds is 3. The number of nitrogens with zero attached hydrogens (tertiary/aromatic N) is 3. The number of anilines is 1. The maximum Gasteiger partial charge on any atom is 0.158 e. The van der Waals surface area contributed by atoms with Crippen LogP contribution >= 0.6 is 0 Å². The number of benzene rings is 2. The second kappa shape index (κ2) is 5.60. The first-order valence-corrected chi connectivity index (χ1v) is 7.89. The van der Waals surface area contributed by atoms with Crippen LogP contribution in [0.2, 0.25) is 0 Å². The van der Waals surface area contributed by atoms with Crippen molar-refractivity contribution in [3.63, 3.8) is 0 Å². The number of hydrogen-bond donors (Lipinski definition) is 1. The molecule has 0 bridgehead atoms. The quantitative estimate of drug-likeness (QED) is 0.604. The molecule has 0 aliphatic heterocycles. The van der Waals surface area contributed by atoms with Gasteiger partial charge in [-0.3, -0.25) is 0 Å². The molecule has 0 spiro atoms. The third-order valence-corrected chi connectivity index (χ3v) is 4.15. The second-order valence-electron chi connectivity index (χ2n) is 5.95. The van der Waals surface area contributed by atoms with Crippen molar-refractivity contribution in [2.45, 2.75) is 19.9 Å².